The van der Waals surface area contributed by atoms with Crippen LogP contribution in [-0.2, 0) is 4.74 Å². The SMILES string of the molecule is COC1CN(C(=O)c2ccc(F)cc2C)CCC1C. The lowest BCUT2D eigenvalue weighted by Crippen LogP contribution is -2.46. The van der Waals surface area contributed by atoms with Crippen LogP contribution >= 0.6 is 0 Å². The van der Waals surface area contributed by atoms with Crippen molar-refractivity contribution in [2.45, 2.75) is 26.4 Å². The molecule has 0 saturated carbocycles. The first-order valence-electron chi connectivity index (χ1n) is 6.61. The summed E-state index contributed by atoms with van der Waals surface area (Å²) in [6.07, 6.45) is 1.02. The van der Waals surface area contributed by atoms with Gasteiger partial charge in [0.05, 0.1) is 6.10 Å². The topological polar surface area (TPSA) is 29.5 Å². The summed E-state index contributed by atoms with van der Waals surface area (Å²) in [7, 11) is 1.68. The number of nitrogens with zero attached hydrogens (tertiary/aromatic N) is 1. The molecule has 1 aliphatic heterocycles. The molecule has 1 aromatic carbocycles. The highest BCUT2D eigenvalue weighted by Crippen LogP contribution is 2.22. The predicted molar refractivity (Wildman–Crippen MR) is 71.6 cm³/mol. The van der Waals surface area contributed by atoms with Gasteiger partial charge in [0.25, 0.3) is 5.91 Å². The molecule has 0 N–H and O–H groups in total. The molecular formula is C15H20FNO2. The first-order chi connectivity index (χ1) is 9.02. The van der Waals surface area contributed by atoms with Crippen molar-refractivity contribution < 1.29 is 13.9 Å². The molecule has 0 bridgehead atoms. The molecule has 2 atom stereocenters. The van der Waals surface area contributed by atoms with E-state index in [9.17, 15) is 9.18 Å². The molecule has 0 spiro atoms. The second-order valence-corrected chi connectivity index (χ2v) is 5.25. The van der Waals surface area contributed by atoms with Crippen LogP contribution in [0, 0.1) is 18.7 Å². The Bertz CT molecular complexity index is 475. The molecular weight excluding hydrogens is 245 g/mol. The number of aryl methyl sites for hydroxylation is 1. The normalized spacial score (nSPS) is 23.5. The molecule has 1 fully saturated rings. The maximum Gasteiger partial charge on any atom is 0.254 e. The van der Waals surface area contributed by atoms with E-state index in [1.807, 2.05) is 0 Å². The summed E-state index contributed by atoms with van der Waals surface area (Å²) >= 11 is 0. The Kier molecular flexibility index (Phi) is 4.20. The fourth-order valence-electron chi connectivity index (χ4n) is 2.56. The fourth-order valence-corrected chi connectivity index (χ4v) is 2.56. The van der Waals surface area contributed by atoms with Crippen LogP contribution in [0.5, 0.6) is 0 Å². The number of hydrogen-bond donors (Lipinski definition) is 0. The minimum Gasteiger partial charge on any atom is -0.379 e. The largest absolute Gasteiger partial charge is 0.379 e. The summed E-state index contributed by atoms with van der Waals surface area (Å²) in [6.45, 7) is 5.24. The molecule has 1 heterocycles. The van der Waals surface area contributed by atoms with Crippen LogP contribution in [0.3, 0.4) is 0 Å². The van der Waals surface area contributed by atoms with E-state index in [0.717, 1.165) is 13.0 Å². The van der Waals surface area contributed by atoms with E-state index < -0.39 is 0 Å². The zero-order chi connectivity index (χ0) is 14.0. The van der Waals surface area contributed by atoms with Gasteiger partial charge >= 0.3 is 0 Å². The van der Waals surface area contributed by atoms with Crippen LogP contribution < -0.4 is 0 Å². The van der Waals surface area contributed by atoms with Crippen molar-refractivity contribution in [3.63, 3.8) is 0 Å². The molecule has 1 aliphatic rings. The molecule has 2 unspecified atom stereocenters. The first kappa shape index (κ1) is 14.0. The number of hydrogen-bond acceptors (Lipinski definition) is 2. The number of carbonyl (C=O) groups is 1. The van der Waals surface area contributed by atoms with Crippen molar-refractivity contribution in [3.8, 4) is 0 Å². The van der Waals surface area contributed by atoms with E-state index in [4.69, 9.17) is 4.74 Å². The van der Waals surface area contributed by atoms with Gasteiger partial charge in [0.15, 0.2) is 0 Å². The van der Waals surface area contributed by atoms with E-state index >= 15 is 0 Å². The monoisotopic (exact) mass is 265 g/mol. The molecule has 0 radical (unpaired) electrons. The van der Waals surface area contributed by atoms with Crippen LogP contribution in [0.15, 0.2) is 18.2 Å². The number of rotatable bonds is 2. The van der Waals surface area contributed by atoms with E-state index in [-0.39, 0.29) is 17.8 Å². The van der Waals surface area contributed by atoms with Gasteiger partial charge in [-0.1, -0.05) is 6.92 Å². The Balaban J connectivity index is 2.15. The molecule has 19 heavy (non-hydrogen) atoms. The third kappa shape index (κ3) is 2.95. The lowest BCUT2D eigenvalue weighted by Gasteiger charge is -2.36. The zero-order valence-electron chi connectivity index (χ0n) is 11.6. The maximum atomic E-state index is 13.1. The minimum absolute atomic E-state index is 0.0357. The Hall–Kier alpha value is -1.42. The van der Waals surface area contributed by atoms with Gasteiger partial charge < -0.3 is 9.64 Å². The first-order valence-corrected chi connectivity index (χ1v) is 6.61. The molecule has 3 nitrogen and oxygen atoms in total. The van der Waals surface area contributed by atoms with E-state index in [0.29, 0.717) is 23.6 Å². The molecule has 2 rings (SSSR count). The van der Waals surface area contributed by atoms with Gasteiger partial charge in [-0.2, -0.15) is 0 Å². The zero-order valence-corrected chi connectivity index (χ0v) is 11.6. The number of ether oxygens (including phenoxy) is 1. The van der Waals surface area contributed by atoms with Gasteiger partial charge in [0.1, 0.15) is 5.82 Å². The van der Waals surface area contributed by atoms with Crippen LogP contribution in [0.25, 0.3) is 0 Å². The molecule has 104 valence electrons. The smallest absolute Gasteiger partial charge is 0.254 e. The van der Waals surface area contributed by atoms with Gasteiger partial charge in [-0.15, -0.1) is 0 Å². The summed E-state index contributed by atoms with van der Waals surface area (Å²) in [5.74, 6) is 0.117. The number of carbonyl (C=O) groups excluding carboxylic acids is 1. The van der Waals surface area contributed by atoms with Crippen molar-refractivity contribution in [1.29, 1.82) is 0 Å². The highest BCUT2D eigenvalue weighted by Gasteiger charge is 2.29. The van der Waals surface area contributed by atoms with Gasteiger partial charge in [-0.25, -0.2) is 4.39 Å². The van der Waals surface area contributed by atoms with Crippen LogP contribution in [-0.4, -0.2) is 37.1 Å². The molecule has 0 aliphatic carbocycles. The summed E-state index contributed by atoms with van der Waals surface area (Å²) in [4.78, 5) is 14.2. The summed E-state index contributed by atoms with van der Waals surface area (Å²) < 4.78 is 18.5. The quantitative estimate of drug-likeness (QED) is 0.822. The molecule has 1 aromatic rings. The summed E-state index contributed by atoms with van der Waals surface area (Å²) in [5.41, 5.74) is 1.25. The lowest BCUT2D eigenvalue weighted by molar-refractivity contribution is -0.00159. The second kappa shape index (κ2) is 5.70. The van der Waals surface area contributed by atoms with Crippen molar-refractivity contribution in [3.05, 3.63) is 35.1 Å². The second-order valence-electron chi connectivity index (χ2n) is 5.25. The fraction of sp³-hybridized carbons (Fsp3) is 0.533. The van der Waals surface area contributed by atoms with Gasteiger partial charge in [-0.3, -0.25) is 4.79 Å². The number of piperidine rings is 1. The number of halogens is 1. The van der Waals surface area contributed by atoms with Gasteiger partial charge in [0, 0.05) is 25.8 Å². The highest BCUT2D eigenvalue weighted by atomic mass is 19.1. The van der Waals surface area contributed by atoms with E-state index in [1.165, 1.54) is 12.1 Å². The number of benzene rings is 1. The highest BCUT2D eigenvalue weighted by molar-refractivity contribution is 5.95. The minimum atomic E-state index is -0.309. The maximum absolute atomic E-state index is 13.1. The van der Waals surface area contributed by atoms with E-state index in [2.05, 4.69) is 6.92 Å². The Morgan fingerprint density at radius 1 is 1.47 bits per heavy atom. The molecule has 4 heteroatoms. The Morgan fingerprint density at radius 3 is 2.84 bits per heavy atom. The van der Waals surface area contributed by atoms with Gasteiger partial charge in [-0.05, 0) is 43.0 Å². The molecule has 0 aromatic heterocycles. The standard InChI is InChI=1S/C15H20FNO2/c1-10-6-7-17(9-14(10)19-3)15(18)13-5-4-12(16)8-11(13)2/h4-5,8,10,14H,6-7,9H2,1-3H3. The van der Waals surface area contributed by atoms with Crippen LogP contribution in [0.4, 0.5) is 4.39 Å². The Morgan fingerprint density at radius 2 is 2.21 bits per heavy atom. The van der Waals surface area contributed by atoms with Crippen molar-refractivity contribution >= 4 is 5.91 Å². The summed E-state index contributed by atoms with van der Waals surface area (Å²) in [6, 6.07) is 4.29. The number of amides is 1. The number of likely N-dealkylation sites (tertiary alicyclic amines) is 1. The average Bonchev–Trinajstić information content (AvgIpc) is 2.38. The third-order valence-electron chi connectivity index (χ3n) is 3.90. The lowest BCUT2D eigenvalue weighted by atomic mass is 9.95. The van der Waals surface area contributed by atoms with E-state index in [1.54, 1.807) is 25.0 Å². The van der Waals surface area contributed by atoms with Crippen LogP contribution in [0.1, 0.15) is 29.3 Å². The Labute approximate surface area is 113 Å². The third-order valence-corrected chi connectivity index (χ3v) is 3.90. The summed E-state index contributed by atoms with van der Waals surface area (Å²) in [5, 5.41) is 0. The number of methoxy groups -OCH3 is 1. The van der Waals surface area contributed by atoms with Crippen molar-refractivity contribution in [2.75, 3.05) is 20.2 Å². The molecule has 1 saturated heterocycles. The van der Waals surface area contributed by atoms with Crippen LogP contribution in [0.2, 0.25) is 0 Å². The van der Waals surface area contributed by atoms with Gasteiger partial charge in [0.2, 0.25) is 0 Å². The van der Waals surface area contributed by atoms with Crippen molar-refractivity contribution in [1.82, 2.24) is 4.90 Å². The average molecular weight is 265 g/mol. The van der Waals surface area contributed by atoms with Crippen molar-refractivity contribution in [2.24, 2.45) is 5.92 Å². The molecule has 1 amide bonds. The predicted octanol–water partition coefficient (Wildman–Crippen LogP) is 2.63.